The third-order valence-corrected chi connectivity index (χ3v) is 2.94. The average molecular weight is 227 g/mol. The predicted octanol–water partition coefficient (Wildman–Crippen LogP) is 0.855. The number of nitrogens with one attached hydrogen (secondary N) is 1. The number of aliphatic hydroxyl groups excluding tert-OH is 1. The molecule has 0 aromatic carbocycles. The maximum atomic E-state index is 11.4. The van der Waals surface area contributed by atoms with Crippen molar-refractivity contribution in [1.29, 1.82) is 0 Å². The third-order valence-electron chi connectivity index (χ3n) is 2.94. The van der Waals surface area contributed by atoms with E-state index in [2.05, 4.69) is 22.2 Å². The van der Waals surface area contributed by atoms with Gasteiger partial charge in [-0.05, 0) is 38.6 Å². The Bertz CT molecular complexity index is 251. The fourth-order valence-corrected chi connectivity index (χ4v) is 1.91. The first kappa shape index (κ1) is 13.2. The van der Waals surface area contributed by atoms with Gasteiger partial charge in [-0.25, -0.2) is 0 Å². The minimum atomic E-state index is -0.730. The van der Waals surface area contributed by atoms with Gasteiger partial charge in [0, 0.05) is 0 Å². The number of rotatable bonds is 5. The molecule has 4 nitrogen and oxygen atoms in total. The summed E-state index contributed by atoms with van der Waals surface area (Å²) in [7, 11) is 1.34. The summed E-state index contributed by atoms with van der Waals surface area (Å²) in [6.45, 7) is 2.34. The molecule has 0 unspecified atom stereocenters. The number of aliphatic hydroxyl groups is 1. The Morgan fingerprint density at radius 2 is 2.38 bits per heavy atom. The Balaban J connectivity index is 2.37. The Labute approximate surface area is 96.7 Å². The van der Waals surface area contributed by atoms with Gasteiger partial charge in [0.25, 0.3) is 0 Å². The van der Waals surface area contributed by atoms with Gasteiger partial charge >= 0.3 is 5.97 Å². The lowest BCUT2D eigenvalue weighted by molar-refractivity contribution is -0.145. The summed E-state index contributed by atoms with van der Waals surface area (Å²) >= 11 is 0. The van der Waals surface area contributed by atoms with Crippen molar-refractivity contribution < 1.29 is 14.6 Å². The monoisotopic (exact) mass is 227 g/mol. The fraction of sp³-hybridized carbons (Fsp3) is 0.750. The van der Waals surface area contributed by atoms with Crippen LogP contribution in [0, 0.1) is 5.92 Å². The van der Waals surface area contributed by atoms with Gasteiger partial charge in [-0.15, -0.1) is 0 Å². The number of allylic oxidation sites excluding steroid dienone is 2. The molecule has 16 heavy (non-hydrogen) atoms. The lowest BCUT2D eigenvalue weighted by atomic mass is 9.94. The van der Waals surface area contributed by atoms with Crippen molar-refractivity contribution in [3.8, 4) is 0 Å². The first-order valence-electron chi connectivity index (χ1n) is 5.79. The van der Waals surface area contributed by atoms with E-state index in [4.69, 9.17) is 0 Å². The lowest BCUT2D eigenvalue weighted by Gasteiger charge is -2.23. The molecule has 1 aliphatic carbocycles. The van der Waals surface area contributed by atoms with Crippen LogP contribution in [0.5, 0.6) is 0 Å². The van der Waals surface area contributed by atoms with Crippen LogP contribution in [0.4, 0.5) is 0 Å². The van der Waals surface area contributed by atoms with E-state index in [1.54, 1.807) is 6.92 Å². The van der Waals surface area contributed by atoms with Crippen molar-refractivity contribution in [1.82, 2.24) is 5.32 Å². The quantitative estimate of drug-likeness (QED) is 0.540. The molecular weight excluding hydrogens is 206 g/mol. The topological polar surface area (TPSA) is 58.6 Å². The lowest BCUT2D eigenvalue weighted by Crippen LogP contribution is -2.47. The number of hydrogen-bond acceptors (Lipinski definition) is 4. The average Bonchev–Trinajstić information content (AvgIpc) is 2.30. The zero-order valence-corrected chi connectivity index (χ0v) is 9.98. The minimum Gasteiger partial charge on any atom is -0.468 e. The highest BCUT2D eigenvalue weighted by Crippen LogP contribution is 2.17. The Hall–Kier alpha value is -0.870. The van der Waals surface area contributed by atoms with Crippen LogP contribution in [0.2, 0.25) is 0 Å². The van der Waals surface area contributed by atoms with E-state index in [1.165, 1.54) is 7.11 Å². The van der Waals surface area contributed by atoms with Gasteiger partial charge in [0.15, 0.2) is 0 Å². The zero-order chi connectivity index (χ0) is 12.0. The zero-order valence-electron chi connectivity index (χ0n) is 9.98. The number of carbonyl (C=O) groups excluding carboxylic acids is 1. The van der Waals surface area contributed by atoms with Crippen LogP contribution in [-0.2, 0) is 9.53 Å². The molecule has 1 rings (SSSR count). The van der Waals surface area contributed by atoms with E-state index >= 15 is 0 Å². The molecular formula is C12H21NO3. The van der Waals surface area contributed by atoms with E-state index in [0.29, 0.717) is 5.92 Å². The minimum absolute atomic E-state index is 0.402. The molecule has 1 aliphatic rings. The molecule has 0 saturated heterocycles. The van der Waals surface area contributed by atoms with E-state index < -0.39 is 18.1 Å². The molecule has 92 valence electrons. The fourth-order valence-electron chi connectivity index (χ4n) is 1.91. The van der Waals surface area contributed by atoms with E-state index in [-0.39, 0.29) is 0 Å². The van der Waals surface area contributed by atoms with Gasteiger partial charge in [-0.2, -0.15) is 0 Å². The summed E-state index contributed by atoms with van der Waals surface area (Å²) in [6.07, 6.45) is 6.91. The first-order chi connectivity index (χ1) is 7.65. The van der Waals surface area contributed by atoms with E-state index in [0.717, 1.165) is 25.8 Å². The van der Waals surface area contributed by atoms with E-state index in [1.807, 2.05) is 0 Å². The number of methoxy groups -OCH3 is 1. The molecule has 0 amide bonds. The van der Waals surface area contributed by atoms with Gasteiger partial charge in [0.1, 0.15) is 6.04 Å². The molecule has 0 aromatic heterocycles. The van der Waals surface area contributed by atoms with Gasteiger partial charge in [0.05, 0.1) is 13.2 Å². The van der Waals surface area contributed by atoms with Crippen molar-refractivity contribution >= 4 is 5.97 Å². The molecule has 0 heterocycles. The second kappa shape index (κ2) is 6.66. The Morgan fingerprint density at radius 1 is 1.62 bits per heavy atom. The van der Waals surface area contributed by atoms with Crippen LogP contribution in [-0.4, -0.2) is 36.9 Å². The second-order valence-electron chi connectivity index (χ2n) is 4.30. The van der Waals surface area contributed by atoms with Crippen molar-refractivity contribution in [3.63, 3.8) is 0 Å². The molecule has 0 aliphatic heterocycles. The summed E-state index contributed by atoms with van der Waals surface area (Å²) in [4.78, 5) is 11.4. The van der Waals surface area contributed by atoms with Crippen LogP contribution in [0.15, 0.2) is 12.2 Å². The van der Waals surface area contributed by atoms with Crippen LogP contribution >= 0.6 is 0 Å². The molecule has 0 spiro atoms. The molecule has 3 atom stereocenters. The SMILES string of the molecule is COC(=O)[C@H](NC[C@H]1CC=CCC1)[C@@H](C)O. The van der Waals surface area contributed by atoms with Crippen LogP contribution in [0.25, 0.3) is 0 Å². The number of ether oxygens (including phenoxy) is 1. The number of carbonyl (C=O) groups is 1. The molecule has 0 saturated carbocycles. The molecule has 0 aromatic rings. The summed E-state index contributed by atoms with van der Waals surface area (Å²) in [5.41, 5.74) is 0. The maximum Gasteiger partial charge on any atom is 0.325 e. The molecule has 0 radical (unpaired) electrons. The van der Waals surface area contributed by atoms with Crippen LogP contribution in [0.3, 0.4) is 0 Å². The first-order valence-corrected chi connectivity index (χ1v) is 5.79. The highest BCUT2D eigenvalue weighted by molar-refractivity contribution is 5.76. The van der Waals surface area contributed by atoms with Crippen molar-refractivity contribution in [2.24, 2.45) is 5.92 Å². The standard InChI is InChI=1S/C12H21NO3/c1-9(14)11(12(15)16-2)13-8-10-6-4-3-5-7-10/h3-4,9-11,13-14H,5-8H2,1-2H3/t9-,10+,11-/m1/s1. The molecule has 4 heteroatoms. The summed E-state index contributed by atoms with van der Waals surface area (Å²) in [6, 6.07) is -0.615. The number of hydrogen-bond donors (Lipinski definition) is 2. The Kier molecular flexibility index (Phi) is 5.49. The van der Waals surface area contributed by atoms with Crippen LogP contribution in [0.1, 0.15) is 26.2 Å². The van der Waals surface area contributed by atoms with Crippen molar-refractivity contribution in [2.75, 3.05) is 13.7 Å². The van der Waals surface area contributed by atoms with Gasteiger partial charge in [0.2, 0.25) is 0 Å². The van der Waals surface area contributed by atoms with Crippen LogP contribution < -0.4 is 5.32 Å². The normalized spacial score (nSPS) is 23.8. The Morgan fingerprint density at radius 3 is 2.88 bits per heavy atom. The van der Waals surface area contributed by atoms with Gasteiger partial charge in [-0.1, -0.05) is 12.2 Å². The second-order valence-corrected chi connectivity index (χ2v) is 4.30. The smallest absolute Gasteiger partial charge is 0.325 e. The number of esters is 1. The molecule has 2 N–H and O–H groups in total. The predicted molar refractivity (Wildman–Crippen MR) is 62.0 cm³/mol. The summed E-state index contributed by atoms with van der Waals surface area (Å²) in [5, 5.41) is 12.5. The van der Waals surface area contributed by atoms with Gasteiger partial charge in [-0.3, -0.25) is 4.79 Å². The molecule has 0 fully saturated rings. The van der Waals surface area contributed by atoms with Crippen molar-refractivity contribution in [3.05, 3.63) is 12.2 Å². The highest BCUT2D eigenvalue weighted by Gasteiger charge is 2.24. The third kappa shape index (κ3) is 3.94. The highest BCUT2D eigenvalue weighted by atomic mass is 16.5. The summed E-state index contributed by atoms with van der Waals surface area (Å²) < 4.78 is 4.64. The van der Waals surface area contributed by atoms with Crippen molar-refractivity contribution in [2.45, 2.75) is 38.3 Å². The molecule has 0 bridgehead atoms. The maximum absolute atomic E-state index is 11.4. The van der Waals surface area contributed by atoms with E-state index in [9.17, 15) is 9.90 Å². The van der Waals surface area contributed by atoms with Gasteiger partial charge < -0.3 is 15.2 Å². The largest absolute Gasteiger partial charge is 0.468 e. The summed E-state index contributed by atoms with van der Waals surface area (Å²) in [5.74, 6) is 0.150.